The zero-order valence-electron chi connectivity index (χ0n) is 10.4. The molecule has 0 fully saturated rings. The minimum absolute atomic E-state index is 0.133. The van der Waals surface area contributed by atoms with E-state index in [2.05, 4.69) is 10.3 Å². The van der Waals surface area contributed by atoms with Gasteiger partial charge in [0.25, 0.3) is 5.91 Å². The quantitative estimate of drug-likeness (QED) is 0.669. The summed E-state index contributed by atoms with van der Waals surface area (Å²) >= 11 is 0. The van der Waals surface area contributed by atoms with Gasteiger partial charge in [0.2, 0.25) is 0 Å². The predicted molar refractivity (Wildman–Crippen MR) is 74.3 cm³/mol. The molecule has 1 heterocycles. The molecular formula is C15H11FN2O2. The van der Waals surface area contributed by atoms with Crippen molar-refractivity contribution < 1.29 is 14.3 Å². The molecule has 0 radical (unpaired) electrons. The molecule has 0 spiro atoms. The third-order valence-corrected chi connectivity index (χ3v) is 2.93. The Kier molecular flexibility index (Phi) is 2.87. The van der Waals surface area contributed by atoms with Crippen LogP contribution >= 0.6 is 0 Å². The number of H-pyrrole nitrogens is 1. The summed E-state index contributed by atoms with van der Waals surface area (Å²) in [6.07, 6.45) is 0. The molecule has 100 valence electrons. The van der Waals surface area contributed by atoms with Gasteiger partial charge in [-0.3, -0.25) is 4.79 Å². The minimum Gasteiger partial charge on any atom is -0.508 e. The lowest BCUT2D eigenvalue weighted by Gasteiger charge is -2.03. The van der Waals surface area contributed by atoms with Gasteiger partial charge in [0.1, 0.15) is 17.3 Å². The molecule has 20 heavy (non-hydrogen) atoms. The predicted octanol–water partition coefficient (Wildman–Crippen LogP) is 3.26. The highest BCUT2D eigenvalue weighted by atomic mass is 19.1. The van der Waals surface area contributed by atoms with Crippen molar-refractivity contribution in [1.29, 1.82) is 0 Å². The maximum absolute atomic E-state index is 13.0. The first kappa shape index (κ1) is 12.2. The van der Waals surface area contributed by atoms with E-state index in [-0.39, 0.29) is 11.7 Å². The van der Waals surface area contributed by atoms with Crippen LogP contribution in [0.25, 0.3) is 10.9 Å². The number of halogens is 1. The zero-order chi connectivity index (χ0) is 14.1. The van der Waals surface area contributed by atoms with Crippen LogP contribution in [0, 0.1) is 5.82 Å². The Morgan fingerprint density at radius 1 is 1.15 bits per heavy atom. The number of carbonyl (C=O) groups excluding carboxylic acids is 1. The van der Waals surface area contributed by atoms with Gasteiger partial charge in [-0.25, -0.2) is 4.39 Å². The van der Waals surface area contributed by atoms with Crippen molar-refractivity contribution in [3.05, 3.63) is 60.0 Å². The Balaban J connectivity index is 1.88. The van der Waals surface area contributed by atoms with Crippen LogP contribution in [0.3, 0.4) is 0 Å². The van der Waals surface area contributed by atoms with Crippen LogP contribution in [-0.2, 0) is 0 Å². The van der Waals surface area contributed by atoms with E-state index in [0.29, 0.717) is 11.4 Å². The monoisotopic (exact) mass is 270 g/mol. The highest BCUT2D eigenvalue weighted by molar-refractivity contribution is 6.06. The van der Waals surface area contributed by atoms with E-state index in [1.807, 2.05) is 0 Å². The molecule has 5 heteroatoms. The van der Waals surface area contributed by atoms with Crippen LogP contribution in [0.1, 0.15) is 10.5 Å². The number of hydrogen-bond acceptors (Lipinski definition) is 2. The molecule has 4 nitrogen and oxygen atoms in total. The number of fused-ring (bicyclic) bond motifs is 1. The largest absolute Gasteiger partial charge is 0.508 e. The molecule has 0 saturated heterocycles. The smallest absolute Gasteiger partial charge is 0.272 e. The van der Waals surface area contributed by atoms with Crippen LogP contribution in [-0.4, -0.2) is 16.0 Å². The molecule has 0 atom stereocenters. The molecule has 3 aromatic rings. The second kappa shape index (κ2) is 4.70. The minimum atomic E-state index is -0.413. The average molecular weight is 270 g/mol. The molecule has 0 unspecified atom stereocenters. The van der Waals surface area contributed by atoms with Crippen molar-refractivity contribution in [2.75, 3.05) is 5.32 Å². The second-order valence-corrected chi connectivity index (χ2v) is 4.42. The summed E-state index contributed by atoms with van der Waals surface area (Å²) in [5.41, 5.74) is 1.47. The molecule has 3 rings (SSSR count). The van der Waals surface area contributed by atoms with Gasteiger partial charge in [-0.15, -0.1) is 0 Å². The molecule has 1 aromatic heterocycles. The number of anilines is 1. The SMILES string of the molecule is O=C(Nc1cccc(F)c1)c1cc2cc(O)ccc2[nH]1. The summed E-state index contributed by atoms with van der Waals surface area (Å²) in [4.78, 5) is 15.0. The normalized spacial score (nSPS) is 10.7. The van der Waals surface area contributed by atoms with Crippen LogP contribution in [0.4, 0.5) is 10.1 Å². The fourth-order valence-electron chi connectivity index (χ4n) is 2.01. The van der Waals surface area contributed by atoms with E-state index in [1.165, 1.54) is 24.3 Å². The number of aromatic amines is 1. The lowest BCUT2D eigenvalue weighted by molar-refractivity contribution is 0.102. The van der Waals surface area contributed by atoms with Crippen molar-refractivity contribution in [2.24, 2.45) is 0 Å². The summed E-state index contributed by atoms with van der Waals surface area (Å²) in [6.45, 7) is 0. The number of carbonyl (C=O) groups is 1. The van der Waals surface area contributed by atoms with Gasteiger partial charge in [0.15, 0.2) is 0 Å². The summed E-state index contributed by atoms with van der Waals surface area (Å²) in [6, 6.07) is 12.1. The highest BCUT2D eigenvalue weighted by Gasteiger charge is 2.10. The molecule has 3 N–H and O–H groups in total. The van der Waals surface area contributed by atoms with E-state index in [1.54, 1.807) is 24.3 Å². The summed E-state index contributed by atoms with van der Waals surface area (Å²) < 4.78 is 13.0. The van der Waals surface area contributed by atoms with E-state index in [9.17, 15) is 14.3 Å². The number of phenols is 1. The first-order valence-electron chi connectivity index (χ1n) is 6.00. The Morgan fingerprint density at radius 2 is 2.00 bits per heavy atom. The summed E-state index contributed by atoms with van der Waals surface area (Å²) in [5, 5.41) is 12.7. The van der Waals surface area contributed by atoms with Gasteiger partial charge in [0.05, 0.1) is 0 Å². The van der Waals surface area contributed by atoms with Gasteiger partial charge < -0.3 is 15.4 Å². The highest BCUT2D eigenvalue weighted by Crippen LogP contribution is 2.21. The van der Waals surface area contributed by atoms with Crippen molar-refractivity contribution in [3.63, 3.8) is 0 Å². The number of aromatic nitrogens is 1. The lowest BCUT2D eigenvalue weighted by atomic mass is 10.2. The molecule has 0 aliphatic rings. The van der Waals surface area contributed by atoms with E-state index in [0.717, 1.165) is 10.9 Å². The Hall–Kier alpha value is -2.82. The molecule has 0 bridgehead atoms. The number of aromatic hydroxyl groups is 1. The standard InChI is InChI=1S/C15H11FN2O2/c16-10-2-1-3-11(8-10)17-15(20)14-7-9-6-12(19)4-5-13(9)18-14/h1-8,18-19H,(H,17,20). The third-order valence-electron chi connectivity index (χ3n) is 2.93. The number of nitrogens with one attached hydrogen (secondary N) is 2. The molecule has 2 aromatic carbocycles. The van der Waals surface area contributed by atoms with Crippen LogP contribution in [0.15, 0.2) is 48.5 Å². The zero-order valence-corrected chi connectivity index (χ0v) is 10.4. The van der Waals surface area contributed by atoms with Crippen molar-refractivity contribution >= 4 is 22.5 Å². The molecule has 0 aliphatic heterocycles. The van der Waals surface area contributed by atoms with Crippen molar-refractivity contribution in [3.8, 4) is 5.75 Å². The first-order valence-corrected chi connectivity index (χ1v) is 6.00. The van der Waals surface area contributed by atoms with Gasteiger partial charge >= 0.3 is 0 Å². The van der Waals surface area contributed by atoms with Crippen molar-refractivity contribution in [1.82, 2.24) is 4.98 Å². The second-order valence-electron chi connectivity index (χ2n) is 4.42. The summed E-state index contributed by atoms with van der Waals surface area (Å²) in [5.74, 6) is -0.649. The Morgan fingerprint density at radius 3 is 2.80 bits per heavy atom. The first-order chi connectivity index (χ1) is 9.61. The molecular weight excluding hydrogens is 259 g/mol. The average Bonchev–Trinajstić information content (AvgIpc) is 2.81. The van der Waals surface area contributed by atoms with Gasteiger partial charge in [-0.2, -0.15) is 0 Å². The van der Waals surface area contributed by atoms with Gasteiger partial charge in [-0.1, -0.05) is 6.07 Å². The lowest BCUT2D eigenvalue weighted by Crippen LogP contribution is -2.12. The number of rotatable bonds is 2. The number of hydrogen-bond donors (Lipinski definition) is 3. The number of phenolic OH excluding ortho intramolecular Hbond substituents is 1. The number of benzene rings is 2. The van der Waals surface area contributed by atoms with Crippen LogP contribution in [0.2, 0.25) is 0 Å². The topological polar surface area (TPSA) is 65.1 Å². The van der Waals surface area contributed by atoms with Crippen LogP contribution in [0.5, 0.6) is 5.75 Å². The van der Waals surface area contributed by atoms with E-state index >= 15 is 0 Å². The van der Waals surface area contributed by atoms with E-state index in [4.69, 9.17) is 0 Å². The molecule has 0 aliphatic carbocycles. The molecule has 1 amide bonds. The Bertz CT molecular complexity index is 795. The fourth-order valence-corrected chi connectivity index (χ4v) is 2.01. The molecule has 0 saturated carbocycles. The maximum Gasteiger partial charge on any atom is 0.272 e. The van der Waals surface area contributed by atoms with Gasteiger partial charge in [0, 0.05) is 16.6 Å². The number of amides is 1. The third kappa shape index (κ3) is 2.33. The van der Waals surface area contributed by atoms with Crippen LogP contribution < -0.4 is 5.32 Å². The van der Waals surface area contributed by atoms with Crippen molar-refractivity contribution in [2.45, 2.75) is 0 Å². The van der Waals surface area contributed by atoms with E-state index < -0.39 is 5.82 Å². The Labute approximate surface area is 113 Å². The summed E-state index contributed by atoms with van der Waals surface area (Å²) in [7, 11) is 0. The van der Waals surface area contributed by atoms with Gasteiger partial charge in [-0.05, 0) is 42.5 Å². The maximum atomic E-state index is 13.0. The fraction of sp³-hybridized carbons (Fsp3) is 0.